The molecule has 74 valence electrons. The third-order valence-electron chi connectivity index (χ3n) is 2.73. The standard InChI is InChI=1S/C9H17N3O/c1-13-8-2-6-12(7-3-8)9-10-4-5-11-9/h8H,2-7H2,1H3,(H,10,11). The van der Waals surface area contributed by atoms with Crippen molar-refractivity contribution in [2.24, 2.45) is 4.99 Å². The Morgan fingerprint density at radius 1 is 1.46 bits per heavy atom. The lowest BCUT2D eigenvalue weighted by atomic mass is 10.1. The van der Waals surface area contributed by atoms with Crippen molar-refractivity contribution in [2.45, 2.75) is 18.9 Å². The Balaban J connectivity index is 1.83. The average molecular weight is 183 g/mol. The molecule has 0 unspecified atom stereocenters. The van der Waals surface area contributed by atoms with Gasteiger partial charge in [0.05, 0.1) is 12.6 Å². The molecule has 2 aliphatic rings. The number of hydrogen-bond donors (Lipinski definition) is 1. The number of aliphatic imine (C=N–C) groups is 1. The molecule has 0 saturated carbocycles. The third kappa shape index (κ3) is 1.94. The molecule has 0 aromatic carbocycles. The van der Waals surface area contributed by atoms with E-state index in [4.69, 9.17) is 4.74 Å². The Morgan fingerprint density at radius 3 is 2.77 bits per heavy atom. The van der Waals surface area contributed by atoms with Crippen LogP contribution in [0.3, 0.4) is 0 Å². The van der Waals surface area contributed by atoms with Crippen LogP contribution in [0.5, 0.6) is 0 Å². The quantitative estimate of drug-likeness (QED) is 0.624. The SMILES string of the molecule is COC1CCN(C2=NCCN2)CC1. The lowest BCUT2D eigenvalue weighted by Gasteiger charge is -2.32. The van der Waals surface area contributed by atoms with E-state index in [2.05, 4.69) is 15.2 Å². The molecule has 0 amide bonds. The van der Waals surface area contributed by atoms with Gasteiger partial charge in [-0.05, 0) is 12.8 Å². The van der Waals surface area contributed by atoms with Gasteiger partial charge in [0.1, 0.15) is 0 Å². The lowest BCUT2D eigenvalue weighted by molar-refractivity contribution is 0.0573. The summed E-state index contributed by atoms with van der Waals surface area (Å²) in [4.78, 5) is 6.72. The summed E-state index contributed by atoms with van der Waals surface area (Å²) in [6.45, 7) is 4.08. The van der Waals surface area contributed by atoms with Crippen LogP contribution in [0.2, 0.25) is 0 Å². The minimum Gasteiger partial charge on any atom is -0.381 e. The molecule has 0 atom stereocenters. The number of likely N-dealkylation sites (tertiary alicyclic amines) is 1. The van der Waals surface area contributed by atoms with Gasteiger partial charge in [0.2, 0.25) is 0 Å². The Labute approximate surface area is 79.0 Å². The highest BCUT2D eigenvalue weighted by atomic mass is 16.5. The Bertz CT molecular complexity index is 197. The van der Waals surface area contributed by atoms with Gasteiger partial charge >= 0.3 is 0 Å². The van der Waals surface area contributed by atoms with Crippen molar-refractivity contribution in [3.63, 3.8) is 0 Å². The zero-order chi connectivity index (χ0) is 9.10. The van der Waals surface area contributed by atoms with E-state index in [1.165, 1.54) is 0 Å². The first-order valence-corrected chi connectivity index (χ1v) is 4.96. The maximum atomic E-state index is 5.32. The molecule has 4 nitrogen and oxygen atoms in total. The summed E-state index contributed by atoms with van der Waals surface area (Å²) in [5, 5.41) is 3.29. The second-order valence-corrected chi connectivity index (χ2v) is 3.55. The molecule has 4 heteroatoms. The zero-order valence-electron chi connectivity index (χ0n) is 8.12. The number of nitrogens with zero attached hydrogens (tertiary/aromatic N) is 2. The summed E-state index contributed by atoms with van der Waals surface area (Å²) in [5.41, 5.74) is 0. The number of ether oxygens (including phenoxy) is 1. The molecule has 0 aromatic rings. The van der Waals surface area contributed by atoms with Gasteiger partial charge in [-0.1, -0.05) is 0 Å². The third-order valence-corrected chi connectivity index (χ3v) is 2.73. The van der Waals surface area contributed by atoms with Gasteiger partial charge in [0.25, 0.3) is 0 Å². The largest absolute Gasteiger partial charge is 0.381 e. The van der Waals surface area contributed by atoms with Crippen LogP contribution in [-0.4, -0.2) is 50.3 Å². The van der Waals surface area contributed by atoms with Crippen LogP contribution < -0.4 is 5.32 Å². The Hall–Kier alpha value is -0.770. The molecule has 2 aliphatic heterocycles. The molecule has 0 aromatic heterocycles. The van der Waals surface area contributed by atoms with Crippen LogP contribution in [0.15, 0.2) is 4.99 Å². The maximum Gasteiger partial charge on any atom is 0.194 e. The second-order valence-electron chi connectivity index (χ2n) is 3.55. The summed E-state index contributed by atoms with van der Waals surface area (Å²) in [5.74, 6) is 1.09. The van der Waals surface area contributed by atoms with Crippen molar-refractivity contribution in [1.82, 2.24) is 10.2 Å². The highest BCUT2D eigenvalue weighted by Crippen LogP contribution is 2.13. The van der Waals surface area contributed by atoms with Crippen LogP contribution in [0.4, 0.5) is 0 Å². The predicted octanol–water partition coefficient (Wildman–Crippen LogP) is 0.0564. The van der Waals surface area contributed by atoms with Crippen molar-refractivity contribution in [1.29, 1.82) is 0 Å². The van der Waals surface area contributed by atoms with Gasteiger partial charge < -0.3 is 15.0 Å². The van der Waals surface area contributed by atoms with Gasteiger partial charge in [-0.3, -0.25) is 4.99 Å². The summed E-state index contributed by atoms with van der Waals surface area (Å²) in [6, 6.07) is 0. The summed E-state index contributed by atoms with van der Waals surface area (Å²) < 4.78 is 5.32. The number of piperidine rings is 1. The fourth-order valence-electron chi connectivity index (χ4n) is 1.90. The van der Waals surface area contributed by atoms with E-state index in [1.54, 1.807) is 7.11 Å². The van der Waals surface area contributed by atoms with E-state index in [0.29, 0.717) is 6.10 Å². The number of rotatable bonds is 1. The second kappa shape index (κ2) is 3.96. The minimum atomic E-state index is 0.457. The van der Waals surface area contributed by atoms with Crippen molar-refractivity contribution in [2.75, 3.05) is 33.3 Å². The number of hydrogen-bond acceptors (Lipinski definition) is 4. The van der Waals surface area contributed by atoms with Gasteiger partial charge in [0, 0.05) is 26.7 Å². The Kier molecular flexibility index (Phi) is 2.68. The molecule has 1 N–H and O–H groups in total. The van der Waals surface area contributed by atoms with Crippen LogP contribution in [0.25, 0.3) is 0 Å². The van der Waals surface area contributed by atoms with E-state index in [0.717, 1.165) is 45.0 Å². The maximum absolute atomic E-state index is 5.32. The van der Waals surface area contributed by atoms with Crippen molar-refractivity contribution >= 4 is 5.96 Å². The molecule has 1 fully saturated rings. The Morgan fingerprint density at radius 2 is 2.23 bits per heavy atom. The van der Waals surface area contributed by atoms with Crippen LogP contribution in [0.1, 0.15) is 12.8 Å². The fraction of sp³-hybridized carbons (Fsp3) is 0.889. The van der Waals surface area contributed by atoms with Crippen LogP contribution in [0, 0.1) is 0 Å². The average Bonchev–Trinajstić information content (AvgIpc) is 2.71. The van der Waals surface area contributed by atoms with Crippen molar-refractivity contribution in [3.8, 4) is 0 Å². The summed E-state index contributed by atoms with van der Waals surface area (Å²) in [6.07, 6.45) is 2.70. The molecule has 13 heavy (non-hydrogen) atoms. The molecule has 0 bridgehead atoms. The van der Waals surface area contributed by atoms with Crippen molar-refractivity contribution in [3.05, 3.63) is 0 Å². The molecular weight excluding hydrogens is 166 g/mol. The van der Waals surface area contributed by atoms with Crippen LogP contribution >= 0.6 is 0 Å². The first-order valence-electron chi connectivity index (χ1n) is 4.96. The number of nitrogens with one attached hydrogen (secondary N) is 1. The van der Waals surface area contributed by atoms with E-state index in [-0.39, 0.29) is 0 Å². The van der Waals surface area contributed by atoms with E-state index in [9.17, 15) is 0 Å². The first kappa shape index (κ1) is 8.81. The smallest absolute Gasteiger partial charge is 0.194 e. The molecule has 2 rings (SSSR count). The molecule has 0 radical (unpaired) electrons. The molecule has 1 saturated heterocycles. The summed E-state index contributed by atoms with van der Waals surface area (Å²) >= 11 is 0. The van der Waals surface area contributed by atoms with Gasteiger partial charge in [-0.2, -0.15) is 0 Å². The topological polar surface area (TPSA) is 36.9 Å². The van der Waals surface area contributed by atoms with E-state index in [1.807, 2.05) is 0 Å². The molecule has 0 spiro atoms. The molecular formula is C9H17N3O. The van der Waals surface area contributed by atoms with Crippen molar-refractivity contribution < 1.29 is 4.74 Å². The highest BCUT2D eigenvalue weighted by molar-refractivity contribution is 5.81. The number of methoxy groups -OCH3 is 1. The first-order chi connectivity index (χ1) is 6.40. The van der Waals surface area contributed by atoms with Crippen LogP contribution in [-0.2, 0) is 4.74 Å². The lowest BCUT2D eigenvalue weighted by Crippen LogP contribution is -2.45. The molecule has 0 aliphatic carbocycles. The highest BCUT2D eigenvalue weighted by Gasteiger charge is 2.22. The van der Waals surface area contributed by atoms with Gasteiger partial charge in [-0.25, -0.2) is 0 Å². The molecule has 2 heterocycles. The van der Waals surface area contributed by atoms with Gasteiger partial charge in [-0.15, -0.1) is 0 Å². The zero-order valence-corrected chi connectivity index (χ0v) is 8.12. The van der Waals surface area contributed by atoms with E-state index >= 15 is 0 Å². The number of guanidine groups is 1. The predicted molar refractivity (Wildman–Crippen MR) is 51.9 cm³/mol. The fourth-order valence-corrected chi connectivity index (χ4v) is 1.90. The monoisotopic (exact) mass is 183 g/mol. The summed E-state index contributed by atoms with van der Waals surface area (Å²) in [7, 11) is 1.80. The minimum absolute atomic E-state index is 0.457. The van der Waals surface area contributed by atoms with Gasteiger partial charge in [0.15, 0.2) is 5.96 Å². The normalized spacial score (nSPS) is 24.4. The van der Waals surface area contributed by atoms with E-state index < -0.39 is 0 Å².